The number of rotatable bonds is 2. The molecule has 2 N–H and O–H groups in total. The van der Waals surface area contributed by atoms with Gasteiger partial charge in [-0.3, -0.25) is 5.14 Å². The Bertz CT molecular complexity index is 511. The third-order valence-corrected chi connectivity index (χ3v) is 2.99. The van der Waals surface area contributed by atoms with Crippen LogP contribution in [-0.2, 0) is 0 Å². The van der Waals surface area contributed by atoms with Gasteiger partial charge in [0.1, 0.15) is 5.82 Å². The van der Waals surface area contributed by atoms with E-state index in [2.05, 4.69) is 0 Å². The van der Waals surface area contributed by atoms with Crippen LogP contribution in [0, 0.1) is 12.7 Å². The molecular formula is C13H12FNS. The highest BCUT2D eigenvalue weighted by molar-refractivity contribution is 7.97. The summed E-state index contributed by atoms with van der Waals surface area (Å²) in [5.74, 6) is -0.173. The van der Waals surface area contributed by atoms with E-state index in [0.29, 0.717) is 5.56 Å². The summed E-state index contributed by atoms with van der Waals surface area (Å²) in [6, 6.07) is 13.0. The summed E-state index contributed by atoms with van der Waals surface area (Å²) in [6.07, 6.45) is 0. The molecule has 0 amide bonds. The first-order valence-corrected chi connectivity index (χ1v) is 5.82. The molecule has 0 aliphatic carbocycles. The highest BCUT2D eigenvalue weighted by Crippen LogP contribution is 2.25. The molecule has 0 atom stereocenters. The average molecular weight is 233 g/mol. The lowest BCUT2D eigenvalue weighted by Crippen LogP contribution is -1.85. The summed E-state index contributed by atoms with van der Waals surface area (Å²) in [5, 5.41) is 5.51. The zero-order chi connectivity index (χ0) is 11.5. The summed E-state index contributed by atoms with van der Waals surface area (Å²) in [6.45, 7) is 1.76. The van der Waals surface area contributed by atoms with Crippen LogP contribution in [-0.4, -0.2) is 0 Å². The Labute approximate surface area is 98.6 Å². The molecule has 82 valence electrons. The molecule has 0 unspecified atom stereocenters. The quantitative estimate of drug-likeness (QED) is 0.799. The first-order chi connectivity index (χ1) is 7.70. The lowest BCUT2D eigenvalue weighted by Gasteiger charge is -2.05. The van der Waals surface area contributed by atoms with Gasteiger partial charge in [-0.15, -0.1) is 0 Å². The van der Waals surface area contributed by atoms with Crippen LogP contribution in [0.4, 0.5) is 4.39 Å². The smallest absolute Gasteiger partial charge is 0.126 e. The first kappa shape index (κ1) is 11.2. The molecule has 0 fully saturated rings. The third kappa shape index (κ3) is 2.26. The Kier molecular flexibility index (Phi) is 3.27. The van der Waals surface area contributed by atoms with Crippen molar-refractivity contribution >= 4 is 11.9 Å². The molecule has 2 rings (SSSR count). The van der Waals surface area contributed by atoms with E-state index >= 15 is 0 Å². The summed E-state index contributed by atoms with van der Waals surface area (Å²) >= 11 is 1.21. The van der Waals surface area contributed by atoms with Crippen molar-refractivity contribution in [2.45, 2.75) is 11.8 Å². The summed E-state index contributed by atoms with van der Waals surface area (Å²) in [4.78, 5) is 1.000. The zero-order valence-electron chi connectivity index (χ0n) is 8.91. The van der Waals surface area contributed by atoms with E-state index in [4.69, 9.17) is 5.14 Å². The van der Waals surface area contributed by atoms with Crippen LogP contribution < -0.4 is 5.14 Å². The van der Waals surface area contributed by atoms with Crippen LogP contribution in [0.15, 0.2) is 47.4 Å². The van der Waals surface area contributed by atoms with Gasteiger partial charge in [0, 0.05) is 4.90 Å². The monoisotopic (exact) mass is 233 g/mol. The van der Waals surface area contributed by atoms with E-state index in [1.165, 1.54) is 18.0 Å². The molecule has 0 saturated heterocycles. The van der Waals surface area contributed by atoms with Crippen molar-refractivity contribution in [1.29, 1.82) is 0 Å². The highest BCUT2D eigenvalue weighted by Gasteiger charge is 2.02. The van der Waals surface area contributed by atoms with E-state index in [9.17, 15) is 4.39 Å². The van der Waals surface area contributed by atoms with Gasteiger partial charge >= 0.3 is 0 Å². The van der Waals surface area contributed by atoms with E-state index in [-0.39, 0.29) is 5.82 Å². The van der Waals surface area contributed by atoms with Crippen LogP contribution in [0.25, 0.3) is 11.1 Å². The second-order valence-electron chi connectivity index (χ2n) is 3.61. The first-order valence-electron chi connectivity index (χ1n) is 4.94. The molecule has 0 aliphatic rings. The highest BCUT2D eigenvalue weighted by atomic mass is 32.2. The molecule has 0 saturated carbocycles. The summed E-state index contributed by atoms with van der Waals surface area (Å²) < 4.78 is 13.1. The molecule has 16 heavy (non-hydrogen) atoms. The minimum Gasteiger partial charge on any atom is -0.274 e. The molecule has 2 aromatic rings. The second kappa shape index (κ2) is 4.68. The lowest BCUT2D eigenvalue weighted by atomic mass is 10.0. The zero-order valence-corrected chi connectivity index (χ0v) is 9.72. The fourth-order valence-corrected chi connectivity index (χ4v) is 1.93. The van der Waals surface area contributed by atoms with Crippen molar-refractivity contribution in [2.24, 2.45) is 5.14 Å². The van der Waals surface area contributed by atoms with Crippen LogP contribution in [0.5, 0.6) is 0 Å². The normalized spacial score (nSPS) is 10.4. The Hall–Kier alpha value is -1.32. The van der Waals surface area contributed by atoms with Crippen LogP contribution >= 0.6 is 11.9 Å². The second-order valence-corrected chi connectivity index (χ2v) is 4.32. The maximum Gasteiger partial charge on any atom is 0.126 e. The van der Waals surface area contributed by atoms with Gasteiger partial charge < -0.3 is 0 Å². The molecule has 0 heterocycles. The fraction of sp³-hybridized carbons (Fsp3) is 0.0769. The molecule has 0 aromatic heterocycles. The topological polar surface area (TPSA) is 26.0 Å². The maximum atomic E-state index is 13.1. The Morgan fingerprint density at radius 2 is 1.81 bits per heavy atom. The fourth-order valence-electron chi connectivity index (χ4n) is 1.57. The predicted octanol–water partition coefficient (Wildman–Crippen LogP) is 3.77. The molecule has 0 radical (unpaired) electrons. The number of benzene rings is 2. The molecule has 1 nitrogen and oxygen atoms in total. The van der Waals surface area contributed by atoms with Gasteiger partial charge in [0.2, 0.25) is 0 Å². The minimum absolute atomic E-state index is 0.173. The molecule has 3 heteroatoms. The molecule has 2 aromatic carbocycles. The van der Waals surface area contributed by atoms with E-state index in [1.807, 2.05) is 30.3 Å². The molecule has 0 aliphatic heterocycles. The Morgan fingerprint density at radius 3 is 2.50 bits per heavy atom. The summed E-state index contributed by atoms with van der Waals surface area (Å²) in [7, 11) is 0. The van der Waals surface area contributed by atoms with Crippen LogP contribution in [0.1, 0.15) is 5.56 Å². The maximum absolute atomic E-state index is 13.1. The molecule has 0 bridgehead atoms. The van der Waals surface area contributed by atoms with E-state index < -0.39 is 0 Å². The number of nitrogens with two attached hydrogens (primary N) is 1. The van der Waals surface area contributed by atoms with Crippen molar-refractivity contribution in [3.63, 3.8) is 0 Å². The SMILES string of the molecule is Cc1cc(-c2cccc(SN)c2)ccc1F. The van der Waals surface area contributed by atoms with E-state index in [1.54, 1.807) is 13.0 Å². The van der Waals surface area contributed by atoms with Crippen molar-refractivity contribution < 1.29 is 4.39 Å². The average Bonchev–Trinajstić information content (AvgIpc) is 2.33. The number of aryl methyl sites for hydroxylation is 1. The van der Waals surface area contributed by atoms with Gasteiger partial charge in [0.15, 0.2) is 0 Å². The van der Waals surface area contributed by atoms with Gasteiger partial charge in [0.05, 0.1) is 0 Å². The van der Waals surface area contributed by atoms with Gasteiger partial charge in [-0.25, -0.2) is 4.39 Å². The third-order valence-electron chi connectivity index (χ3n) is 2.46. The van der Waals surface area contributed by atoms with Crippen molar-refractivity contribution in [3.05, 3.63) is 53.8 Å². The Balaban J connectivity index is 2.46. The number of hydrogen-bond donors (Lipinski definition) is 1. The molecule has 0 spiro atoms. The Morgan fingerprint density at radius 1 is 1.06 bits per heavy atom. The predicted molar refractivity (Wildman–Crippen MR) is 66.6 cm³/mol. The van der Waals surface area contributed by atoms with Gasteiger partial charge in [-0.1, -0.05) is 18.2 Å². The van der Waals surface area contributed by atoms with E-state index in [0.717, 1.165) is 16.0 Å². The van der Waals surface area contributed by atoms with Crippen molar-refractivity contribution in [1.82, 2.24) is 0 Å². The van der Waals surface area contributed by atoms with Crippen molar-refractivity contribution in [3.8, 4) is 11.1 Å². The molecular weight excluding hydrogens is 221 g/mol. The van der Waals surface area contributed by atoms with Crippen LogP contribution in [0.3, 0.4) is 0 Å². The van der Waals surface area contributed by atoms with Gasteiger partial charge in [0.25, 0.3) is 0 Å². The minimum atomic E-state index is -0.173. The summed E-state index contributed by atoms with van der Waals surface area (Å²) in [5.41, 5.74) is 2.72. The standard InChI is InChI=1S/C13H12FNS/c1-9-7-11(5-6-13(9)14)10-3-2-4-12(8-10)16-15/h2-8H,15H2,1H3. The van der Waals surface area contributed by atoms with Gasteiger partial charge in [-0.2, -0.15) is 0 Å². The number of hydrogen-bond acceptors (Lipinski definition) is 2. The number of halogens is 1. The van der Waals surface area contributed by atoms with Crippen molar-refractivity contribution in [2.75, 3.05) is 0 Å². The largest absolute Gasteiger partial charge is 0.274 e. The lowest BCUT2D eigenvalue weighted by molar-refractivity contribution is 0.619. The van der Waals surface area contributed by atoms with Crippen LogP contribution in [0.2, 0.25) is 0 Å². The van der Waals surface area contributed by atoms with Gasteiger partial charge in [-0.05, 0) is 59.8 Å².